The van der Waals surface area contributed by atoms with E-state index in [4.69, 9.17) is 14.2 Å². The lowest BCUT2D eigenvalue weighted by atomic mass is 9.74. The zero-order valence-electron chi connectivity index (χ0n) is 26.2. The first-order valence-electron chi connectivity index (χ1n) is 14.6. The van der Waals surface area contributed by atoms with Crippen molar-refractivity contribution in [2.24, 2.45) is 11.8 Å². The molecule has 11 nitrogen and oxygen atoms in total. The number of carbonyl (C=O) groups is 1. The van der Waals surface area contributed by atoms with Crippen LogP contribution in [0.2, 0.25) is 0 Å². The quantitative estimate of drug-likeness (QED) is 0.122. The first kappa shape index (κ1) is 36.1. The molecule has 3 unspecified atom stereocenters. The number of carbonyl (C=O) groups excluding carboxylic acids is 2. The number of aliphatic hydroxyl groups is 1. The molecule has 0 radical (unpaired) electrons. The maximum Gasteiger partial charge on any atom is 0.434 e. The summed E-state index contributed by atoms with van der Waals surface area (Å²) in [5.41, 5.74) is -2.34. The van der Waals surface area contributed by atoms with Crippen molar-refractivity contribution in [2.75, 3.05) is 26.4 Å². The van der Waals surface area contributed by atoms with Gasteiger partial charge in [-0.05, 0) is 52.3 Å². The van der Waals surface area contributed by atoms with Crippen LogP contribution in [0.25, 0.3) is 0 Å². The average Bonchev–Trinajstić information content (AvgIpc) is 2.98. The molecule has 0 spiro atoms. The Morgan fingerprint density at radius 3 is 2.43 bits per heavy atom. The molecule has 1 aliphatic heterocycles. The number of ether oxygens (including phenoxy) is 3. The summed E-state index contributed by atoms with van der Waals surface area (Å²) in [6.07, 6.45) is -1.86. The second kappa shape index (κ2) is 15.3. The van der Waals surface area contributed by atoms with E-state index in [1.165, 1.54) is 31.9 Å². The van der Waals surface area contributed by atoms with E-state index in [2.05, 4.69) is 10.6 Å². The maximum atomic E-state index is 14.1. The number of hydrogen-bond donors (Lipinski definition) is 3. The van der Waals surface area contributed by atoms with Crippen LogP contribution in [0.4, 0.5) is 13.2 Å². The molecular weight excluding hydrogens is 611 g/mol. The first-order chi connectivity index (χ1) is 21.6. The smallest absolute Gasteiger partial charge is 0.434 e. The van der Waals surface area contributed by atoms with Crippen molar-refractivity contribution in [3.63, 3.8) is 0 Å². The maximum absolute atomic E-state index is 14.1. The fourth-order valence-corrected chi connectivity index (χ4v) is 4.93. The molecule has 0 saturated carbocycles. The summed E-state index contributed by atoms with van der Waals surface area (Å²) in [5.74, 6) is -2.63. The van der Waals surface area contributed by atoms with Crippen LogP contribution in [0.3, 0.4) is 0 Å². The number of esters is 1. The Kier molecular flexibility index (Phi) is 12.0. The van der Waals surface area contributed by atoms with Crippen LogP contribution >= 0.6 is 0 Å². The van der Waals surface area contributed by atoms with Crippen LogP contribution in [0.5, 0.6) is 5.75 Å². The molecule has 3 N–H and O–H groups in total. The number of hydrogen-bond acceptors (Lipinski definition) is 10. The Hall–Kier alpha value is -4.39. The zero-order chi connectivity index (χ0) is 34.2. The molecule has 3 rings (SSSR count). The van der Waals surface area contributed by atoms with Crippen LogP contribution in [0.1, 0.15) is 40.2 Å². The van der Waals surface area contributed by atoms with Gasteiger partial charge in [-0.3, -0.25) is 10.1 Å². The number of dihydropyridines is 1. The predicted octanol–water partition coefficient (Wildman–Crippen LogP) is 4.31. The lowest BCUT2D eigenvalue weighted by Crippen LogP contribution is -2.42. The molecular formula is C32H38F3N3O8. The highest BCUT2D eigenvalue weighted by Crippen LogP contribution is 2.45. The van der Waals surface area contributed by atoms with Crippen LogP contribution in [0, 0.1) is 22.0 Å². The summed E-state index contributed by atoms with van der Waals surface area (Å²) < 4.78 is 58.9. The minimum absolute atomic E-state index is 0.0775. The number of rotatable bonds is 13. The van der Waals surface area contributed by atoms with Crippen LogP contribution < -0.4 is 15.4 Å². The normalized spacial score (nSPS) is 19.2. The number of alkyl halides is 3. The average molecular weight is 650 g/mol. The van der Waals surface area contributed by atoms with E-state index in [1.807, 2.05) is 20.8 Å². The van der Waals surface area contributed by atoms with Gasteiger partial charge < -0.3 is 30.0 Å². The largest absolute Gasteiger partial charge is 0.495 e. The predicted molar refractivity (Wildman–Crippen MR) is 161 cm³/mol. The topological polar surface area (TPSA) is 149 Å². The molecule has 1 heterocycles. The Morgan fingerprint density at radius 1 is 1.20 bits per heavy atom. The summed E-state index contributed by atoms with van der Waals surface area (Å²) in [6.45, 7) is 8.69. The van der Waals surface area contributed by atoms with E-state index in [0.717, 1.165) is 11.6 Å². The van der Waals surface area contributed by atoms with Crippen molar-refractivity contribution in [1.82, 2.24) is 10.6 Å². The Bertz CT molecular complexity index is 1470. The van der Waals surface area contributed by atoms with Gasteiger partial charge in [-0.2, -0.15) is 13.2 Å². The summed E-state index contributed by atoms with van der Waals surface area (Å²) in [6, 6.07) is 6.86. The van der Waals surface area contributed by atoms with Crippen molar-refractivity contribution in [1.29, 1.82) is 0 Å². The van der Waals surface area contributed by atoms with Gasteiger partial charge in [-0.1, -0.05) is 24.3 Å². The summed E-state index contributed by atoms with van der Waals surface area (Å²) in [5, 5.41) is 27.1. The Morgan fingerprint density at radius 2 is 1.87 bits per heavy atom. The van der Waals surface area contributed by atoms with Crippen LogP contribution in [-0.4, -0.2) is 66.1 Å². The van der Waals surface area contributed by atoms with Crippen molar-refractivity contribution < 1.29 is 47.0 Å². The molecule has 0 amide bonds. The van der Waals surface area contributed by atoms with Gasteiger partial charge in [-0.25, -0.2) is 9.59 Å². The molecule has 2 aliphatic rings. The monoisotopic (exact) mass is 649 g/mol. The standard InChI is InChI=1S/C32H38F3N3O8/c1-6-44-28-27(23-8-7-9-25(38(42)43)24(23)17-39)26(19(2)37-29(28)32(33,34)35)30(41)45-15-14-20-10-12-22(13-11-20)46-18-21(40)16-36-31(3,4)5/h7-13,21,23,27,36-37,40H,6,14-16,18H2,1-5H3. The number of nitrogens with zero attached hydrogens (tertiary/aromatic N) is 1. The molecule has 0 fully saturated rings. The van der Waals surface area contributed by atoms with E-state index in [-0.39, 0.29) is 43.1 Å². The zero-order valence-corrected chi connectivity index (χ0v) is 26.2. The summed E-state index contributed by atoms with van der Waals surface area (Å²) >= 11 is 0. The Labute approximate surface area is 264 Å². The Balaban J connectivity index is 1.78. The molecule has 0 saturated heterocycles. The van der Waals surface area contributed by atoms with Gasteiger partial charge in [0.05, 0.1) is 29.6 Å². The highest BCUT2D eigenvalue weighted by molar-refractivity contribution is 5.91. The fraction of sp³-hybridized carbons (Fsp3) is 0.469. The van der Waals surface area contributed by atoms with Gasteiger partial charge >= 0.3 is 12.1 Å². The highest BCUT2D eigenvalue weighted by Gasteiger charge is 2.49. The van der Waals surface area contributed by atoms with E-state index in [1.54, 1.807) is 24.3 Å². The van der Waals surface area contributed by atoms with Crippen molar-refractivity contribution in [3.8, 4) is 5.75 Å². The first-order valence-corrected chi connectivity index (χ1v) is 14.6. The van der Waals surface area contributed by atoms with E-state index < -0.39 is 57.7 Å². The van der Waals surface area contributed by atoms with Gasteiger partial charge in [0, 0.05) is 36.2 Å². The van der Waals surface area contributed by atoms with Crippen molar-refractivity contribution in [2.45, 2.75) is 58.9 Å². The molecule has 1 aliphatic carbocycles. The lowest BCUT2D eigenvalue weighted by molar-refractivity contribution is -0.421. The molecule has 1 aromatic rings. The number of benzene rings is 1. The fourth-order valence-electron chi connectivity index (χ4n) is 4.93. The highest BCUT2D eigenvalue weighted by atomic mass is 19.4. The van der Waals surface area contributed by atoms with Crippen LogP contribution in [0.15, 0.2) is 76.5 Å². The molecule has 0 aromatic heterocycles. The summed E-state index contributed by atoms with van der Waals surface area (Å²) in [7, 11) is 0. The second-order valence-corrected chi connectivity index (χ2v) is 11.7. The summed E-state index contributed by atoms with van der Waals surface area (Å²) in [4.78, 5) is 36.2. The molecule has 46 heavy (non-hydrogen) atoms. The van der Waals surface area contributed by atoms with Gasteiger partial charge in [0.15, 0.2) is 5.70 Å². The van der Waals surface area contributed by atoms with Gasteiger partial charge in [0.2, 0.25) is 0 Å². The number of nitro groups is 1. The minimum Gasteiger partial charge on any atom is -0.495 e. The third kappa shape index (κ3) is 9.32. The minimum atomic E-state index is -4.94. The molecule has 250 valence electrons. The number of nitrogens with one attached hydrogen (secondary N) is 2. The lowest BCUT2D eigenvalue weighted by Gasteiger charge is -2.35. The second-order valence-electron chi connectivity index (χ2n) is 11.7. The number of β-amino-alcohol motifs (C(OH)–C–C–N with tert-alkyl or cyclic N) is 1. The van der Waals surface area contributed by atoms with Crippen LogP contribution in [-0.2, 0) is 25.5 Å². The number of halogens is 3. The number of allylic oxidation sites excluding steroid dienone is 7. The third-order valence-corrected chi connectivity index (χ3v) is 7.06. The van der Waals surface area contributed by atoms with Gasteiger partial charge in [-0.15, -0.1) is 0 Å². The molecule has 0 bridgehead atoms. The number of aliphatic hydroxyl groups excluding tert-OH is 1. The van der Waals surface area contributed by atoms with Crippen molar-refractivity contribution in [3.05, 3.63) is 92.2 Å². The van der Waals surface area contributed by atoms with Gasteiger partial charge in [0.1, 0.15) is 35.7 Å². The van der Waals surface area contributed by atoms with E-state index >= 15 is 0 Å². The SMILES string of the molecule is CCOC1=C(C(F)(F)F)NC(C)=C(C(=O)OCCc2ccc(OCC(O)CNC(C)(C)C)cc2)C1C1C=CC=C([N+](=O)[O-])C1=C=O. The molecule has 1 aromatic carbocycles. The van der Waals surface area contributed by atoms with E-state index in [0.29, 0.717) is 12.3 Å². The van der Waals surface area contributed by atoms with Crippen molar-refractivity contribution >= 4 is 11.9 Å². The third-order valence-electron chi connectivity index (χ3n) is 7.06. The van der Waals surface area contributed by atoms with E-state index in [9.17, 15) is 38.0 Å². The molecule has 3 atom stereocenters. The molecule has 14 heteroatoms. The van der Waals surface area contributed by atoms with Gasteiger partial charge in [0.25, 0.3) is 5.70 Å².